The highest BCUT2D eigenvalue weighted by Crippen LogP contribution is 2.30. The lowest BCUT2D eigenvalue weighted by atomic mass is 10.2. The first-order chi connectivity index (χ1) is 14.6. The molecular formula is C22H27F3N4O2. The van der Waals surface area contributed by atoms with Crippen molar-refractivity contribution < 1.29 is 22.8 Å². The first kappa shape index (κ1) is 22.7. The number of aromatic nitrogens is 1. The van der Waals surface area contributed by atoms with Gasteiger partial charge in [-0.1, -0.05) is 0 Å². The van der Waals surface area contributed by atoms with Gasteiger partial charge in [0.25, 0.3) is 0 Å². The van der Waals surface area contributed by atoms with Crippen LogP contribution in [0.1, 0.15) is 37.9 Å². The third-order valence-electron chi connectivity index (χ3n) is 5.34. The van der Waals surface area contributed by atoms with Crippen LogP contribution < -0.4 is 5.32 Å². The van der Waals surface area contributed by atoms with Gasteiger partial charge in [0, 0.05) is 36.7 Å². The molecule has 0 saturated heterocycles. The van der Waals surface area contributed by atoms with Crippen molar-refractivity contribution in [1.29, 1.82) is 0 Å². The van der Waals surface area contributed by atoms with Gasteiger partial charge < -0.3 is 19.7 Å². The summed E-state index contributed by atoms with van der Waals surface area (Å²) in [6.45, 7) is 3.95. The highest BCUT2D eigenvalue weighted by Gasteiger charge is 2.35. The number of alkyl halides is 3. The van der Waals surface area contributed by atoms with E-state index in [9.17, 15) is 22.8 Å². The normalized spacial score (nSPS) is 13.9. The van der Waals surface area contributed by atoms with Crippen LogP contribution in [0.25, 0.3) is 0 Å². The number of anilines is 1. The van der Waals surface area contributed by atoms with E-state index in [1.54, 1.807) is 18.7 Å². The highest BCUT2D eigenvalue weighted by atomic mass is 19.4. The van der Waals surface area contributed by atoms with Crippen LogP contribution in [0.2, 0.25) is 0 Å². The Hall–Kier alpha value is -2.97. The fourth-order valence-electron chi connectivity index (χ4n) is 3.31. The third kappa shape index (κ3) is 5.80. The van der Waals surface area contributed by atoms with Crippen LogP contribution >= 0.6 is 0 Å². The molecule has 1 aromatic carbocycles. The second-order valence-electron chi connectivity index (χ2n) is 8.09. The van der Waals surface area contributed by atoms with Gasteiger partial charge in [-0.2, -0.15) is 13.2 Å². The molecule has 0 atom stereocenters. The summed E-state index contributed by atoms with van der Waals surface area (Å²) in [6, 6.07) is 7.48. The second kappa shape index (κ2) is 9.03. The van der Waals surface area contributed by atoms with E-state index in [1.165, 1.54) is 17.0 Å². The number of halogens is 3. The zero-order chi connectivity index (χ0) is 22.8. The van der Waals surface area contributed by atoms with Gasteiger partial charge in [-0.05, 0) is 63.1 Å². The molecule has 1 aliphatic rings. The molecule has 0 bridgehead atoms. The van der Waals surface area contributed by atoms with Crippen molar-refractivity contribution >= 4 is 17.6 Å². The van der Waals surface area contributed by atoms with Gasteiger partial charge in [-0.3, -0.25) is 4.79 Å². The van der Waals surface area contributed by atoms with E-state index < -0.39 is 17.8 Å². The minimum atomic E-state index is -4.44. The Bertz CT molecular complexity index is 918. The van der Waals surface area contributed by atoms with Crippen molar-refractivity contribution in [1.82, 2.24) is 14.4 Å². The monoisotopic (exact) mass is 436 g/mol. The van der Waals surface area contributed by atoms with Crippen molar-refractivity contribution in [2.45, 2.75) is 51.5 Å². The van der Waals surface area contributed by atoms with Gasteiger partial charge in [0.05, 0.1) is 12.1 Å². The molecule has 9 heteroatoms. The number of carbonyl (C=O) groups is 2. The van der Waals surface area contributed by atoms with Crippen molar-refractivity contribution in [3.63, 3.8) is 0 Å². The molecule has 3 amide bonds. The predicted octanol–water partition coefficient (Wildman–Crippen LogP) is 4.48. The maximum Gasteiger partial charge on any atom is 0.416 e. The summed E-state index contributed by atoms with van der Waals surface area (Å²) in [5, 5.41) is 2.59. The summed E-state index contributed by atoms with van der Waals surface area (Å²) in [7, 11) is 1.92. The number of hydrogen-bond donors (Lipinski definition) is 1. The largest absolute Gasteiger partial charge is 0.416 e. The second-order valence-corrected chi connectivity index (χ2v) is 8.09. The third-order valence-corrected chi connectivity index (χ3v) is 5.34. The van der Waals surface area contributed by atoms with Crippen molar-refractivity contribution in [3.05, 3.63) is 53.9 Å². The van der Waals surface area contributed by atoms with E-state index in [0.29, 0.717) is 6.54 Å². The Labute approximate surface area is 179 Å². The molecule has 0 radical (unpaired) electrons. The fraction of sp³-hybridized carbons (Fsp3) is 0.455. The number of aryl methyl sites for hydroxylation is 1. The summed E-state index contributed by atoms with van der Waals surface area (Å²) in [4.78, 5) is 29.0. The van der Waals surface area contributed by atoms with Gasteiger partial charge >= 0.3 is 12.2 Å². The summed E-state index contributed by atoms with van der Waals surface area (Å²) in [5.74, 6) is -0.153. The van der Waals surface area contributed by atoms with Gasteiger partial charge in [0.1, 0.15) is 6.54 Å². The SMILES string of the molecule is CC(C)N(CC(=O)N(Cc1cccn1C)C1CC1)C(=O)Nc1ccc(C(F)(F)F)cc1. The number of benzene rings is 1. The van der Waals surface area contributed by atoms with Crippen LogP contribution in [0.5, 0.6) is 0 Å². The maximum absolute atomic E-state index is 13.1. The topological polar surface area (TPSA) is 57.6 Å². The Morgan fingerprint density at radius 2 is 1.81 bits per heavy atom. The van der Waals surface area contributed by atoms with Crippen LogP contribution in [0.3, 0.4) is 0 Å². The average Bonchev–Trinajstić information content (AvgIpc) is 3.45. The number of carbonyl (C=O) groups excluding carboxylic acids is 2. The molecule has 1 heterocycles. The molecule has 168 valence electrons. The molecule has 6 nitrogen and oxygen atoms in total. The van der Waals surface area contributed by atoms with Crippen molar-refractivity contribution in [2.24, 2.45) is 7.05 Å². The standard InChI is InChI=1S/C22H27F3N4O2/c1-15(2)28(21(31)26-17-8-6-16(7-9-17)22(23,24)25)14-20(30)29(18-10-11-18)13-19-5-4-12-27(19)3/h4-9,12,15,18H,10-11,13-14H2,1-3H3,(H,26,31). The summed E-state index contributed by atoms with van der Waals surface area (Å²) < 4.78 is 40.1. The lowest BCUT2D eigenvalue weighted by Crippen LogP contribution is -2.48. The van der Waals surface area contributed by atoms with Gasteiger partial charge in [-0.25, -0.2) is 4.79 Å². The van der Waals surface area contributed by atoms with E-state index >= 15 is 0 Å². The molecule has 0 unspecified atom stereocenters. The summed E-state index contributed by atoms with van der Waals surface area (Å²) in [6.07, 6.45) is -0.641. The minimum absolute atomic E-state index is 0.106. The lowest BCUT2D eigenvalue weighted by Gasteiger charge is -2.30. The Balaban J connectivity index is 1.67. The quantitative estimate of drug-likeness (QED) is 0.696. The van der Waals surface area contributed by atoms with Gasteiger partial charge in [0.2, 0.25) is 5.91 Å². The highest BCUT2D eigenvalue weighted by molar-refractivity contribution is 5.92. The van der Waals surface area contributed by atoms with E-state index in [-0.39, 0.29) is 30.2 Å². The van der Waals surface area contributed by atoms with Crippen LogP contribution in [-0.2, 0) is 24.6 Å². The molecule has 1 aliphatic carbocycles. The lowest BCUT2D eigenvalue weighted by molar-refractivity contribution is -0.137. The number of amides is 3. The van der Waals surface area contributed by atoms with Crippen molar-refractivity contribution in [2.75, 3.05) is 11.9 Å². The first-order valence-corrected chi connectivity index (χ1v) is 10.2. The molecule has 0 aliphatic heterocycles. The minimum Gasteiger partial charge on any atom is -0.353 e. The zero-order valence-electron chi connectivity index (χ0n) is 17.8. The summed E-state index contributed by atoms with van der Waals surface area (Å²) in [5.41, 5.74) is 0.451. The smallest absolute Gasteiger partial charge is 0.353 e. The number of urea groups is 1. The first-order valence-electron chi connectivity index (χ1n) is 10.2. The molecule has 1 saturated carbocycles. The Morgan fingerprint density at radius 1 is 1.16 bits per heavy atom. The Morgan fingerprint density at radius 3 is 2.29 bits per heavy atom. The van der Waals surface area contributed by atoms with E-state index in [1.807, 2.05) is 29.9 Å². The molecule has 0 spiro atoms. The maximum atomic E-state index is 13.1. The predicted molar refractivity (Wildman–Crippen MR) is 111 cm³/mol. The average molecular weight is 436 g/mol. The van der Waals surface area contributed by atoms with E-state index in [0.717, 1.165) is 30.7 Å². The molecule has 2 aromatic rings. The Kier molecular flexibility index (Phi) is 6.62. The number of nitrogens with one attached hydrogen (secondary N) is 1. The fourth-order valence-corrected chi connectivity index (χ4v) is 3.31. The van der Waals surface area contributed by atoms with E-state index in [4.69, 9.17) is 0 Å². The molecule has 3 rings (SSSR count). The zero-order valence-corrected chi connectivity index (χ0v) is 17.8. The van der Waals surface area contributed by atoms with Crippen LogP contribution in [0.15, 0.2) is 42.6 Å². The molecule has 31 heavy (non-hydrogen) atoms. The van der Waals surface area contributed by atoms with Crippen LogP contribution in [0.4, 0.5) is 23.7 Å². The molecule has 1 N–H and O–H groups in total. The van der Waals surface area contributed by atoms with Crippen molar-refractivity contribution in [3.8, 4) is 0 Å². The van der Waals surface area contributed by atoms with Gasteiger partial charge in [-0.15, -0.1) is 0 Å². The molecule has 1 aromatic heterocycles. The molecule has 1 fully saturated rings. The van der Waals surface area contributed by atoms with Crippen LogP contribution in [0, 0.1) is 0 Å². The number of hydrogen-bond acceptors (Lipinski definition) is 2. The van der Waals surface area contributed by atoms with Crippen LogP contribution in [-0.4, -0.2) is 44.9 Å². The van der Waals surface area contributed by atoms with Gasteiger partial charge in [0.15, 0.2) is 0 Å². The van der Waals surface area contributed by atoms with E-state index in [2.05, 4.69) is 5.32 Å². The molecular weight excluding hydrogens is 409 g/mol. The number of rotatable bonds is 7. The summed E-state index contributed by atoms with van der Waals surface area (Å²) >= 11 is 0. The number of nitrogens with zero attached hydrogens (tertiary/aromatic N) is 3.